The Hall–Kier alpha value is -4.88. The normalized spacial score (nSPS) is 10.3. The maximum absolute atomic E-state index is 14.6. The molecule has 0 aliphatic carbocycles. The molecule has 168 valence electrons. The van der Waals surface area contributed by atoms with Gasteiger partial charge in [-0.15, -0.1) is 12.8 Å². The second-order valence-corrected chi connectivity index (χ2v) is 7.37. The van der Waals surface area contributed by atoms with Crippen LogP contribution in [0.15, 0.2) is 65.8 Å². The van der Waals surface area contributed by atoms with Crippen molar-refractivity contribution in [3.63, 3.8) is 0 Å². The summed E-state index contributed by atoms with van der Waals surface area (Å²) in [6, 6.07) is 15.4. The number of rotatable bonds is 6. The average molecular weight is 452 g/mol. The third-order valence-electron chi connectivity index (χ3n) is 4.66. The summed E-state index contributed by atoms with van der Waals surface area (Å²) in [5.74, 6) is 3.02. The van der Waals surface area contributed by atoms with Crippen LogP contribution in [0.2, 0.25) is 0 Å². The summed E-state index contributed by atoms with van der Waals surface area (Å²) in [5.41, 5.74) is 2.24. The Morgan fingerprint density at radius 2 is 1.53 bits per heavy atom. The monoisotopic (exact) mass is 452 g/mol. The number of nitrogens with one attached hydrogen (secondary N) is 2. The molecule has 0 heterocycles. The van der Waals surface area contributed by atoms with Crippen LogP contribution in [0.5, 0.6) is 0 Å². The van der Waals surface area contributed by atoms with Crippen LogP contribution in [-0.2, 0) is 0 Å². The molecule has 0 aromatic heterocycles. The molecule has 3 rings (SSSR count). The highest BCUT2D eigenvalue weighted by atomic mass is 19.1. The highest BCUT2D eigenvalue weighted by Crippen LogP contribution is 2.21. The van der Waals surface area contributed by atoms with Gasteiger partial charge in [-0.2, -0.15) is 5.10 Å². The van der Waals surface area contributed by atoms with E-state index in [9.17, 15) is 14.0 Å². The van der Waals surface area contributed by atoms with Gasteiger partial charge in [0.05, 0.1) is 23.0 Å². The smallest absolute Gasteiger partial charge is 0.258 e. The molecule has 3 aromatic rings. The largest absolute Gasteiger partial charge is 0.322 e. The number of hydrazone groups is 1. The van der Waals surface area contributed by atoms with E-state index in [0.717, 1.165) is 0 Å². The van der Waals surface area contributed by atoms with Crippen molar-refractivity contribution in [3.05, 3.63) is 94.3 Å². The van der Waals surface area contributed by atoms with Crippen molar-refractivity contribution >= 4 is 29.4 Å². The molecule has 7 heteroatoms. The van der Waals surface area contributed by atoms with Crippen molar-refractivity contribution in [2.45, 2.75) is 0 Å². The van der Waals surface area contributed by atoms with Crippen LogP contribution in [0.4, 0.5) is 15.8 Å². The van der Waals surface area contributed by atoms with Gasteiger partial charge in [0.2, 0.25) is 0 Å². The second kappa shape index (κ2) is 10.6. The quantitative estimate of drug-likeness (QED) is 0.335. The summed E-state index contributed by atoms with van der Waals surface area (Å²) in [7, 11) is 3.47. The predicted molar refractivity (Wildman–Crippen MR) is 132 cm³/mol. The van der Waals surface area contributed by atoms with E-state index >= 15 is 0 Å². The lowest BCUT2D eigenvalue weighted by atomic mass is 10.1. The van der Waals surface area contributed by atoms with Crippen molar-refractivity contribution < 1.29 is 14.0 Å². The number of hydrogen-bond acceptors (Lipinski definition) is 4. The molecular formula is C27H21FN4O2. The van der Waals surface area contributed by atoms with Crippen LogP contribution in [0.1, 0.15) is 37.4 Å². The summed E-state index contributed by atoms with van der Waals surface area (Å²) >= 11 is 0. The number of amides is 2. The van der Waals surface area contributed by atoms with E-state index in [0.29, 0.717) is 22.4 Å². The summed E-state index contributed by atoms with van der Waals surface area (Å²) in [6.07, 6.45) is 12.3. The molecule has 0 aliphatic heterocycles. The number of anilines is 2. The topological polar surface area (TPSA) is 73.8 Å². The molecule has 0 unspecified atom stereocenters. The lowest BCUT2D eigenvalue weighted by molar-refractivity contribution is 0.102. The Balaban J connectivity index is 1.85. The number of carbonyl (C=O) groups is 2. The number of nitrogens with zero attached hydrogens (tertiary/aromatic N) is 2. The third kappa shape index (κ3) is 5.87. The predicted octanol–water partition coefficient (Wildman–Crippen LogP) is 4.19. The zero-order valence-corrected chi connectivity index (χ0v) is 18.6. The maximum Gasteiger partial charge on any atom is 0.258 e. The third-order valence-corrected chi connectivity index (χ3v) is 4.66. The van der Waals surface area contributed by atoms with E-state index in [1.807, 2.05) is 0 Å². The molecule has 0 fully saturated rings. The van der Waals surface area contributed by atoms with Crippen LogP contribution in [-0.4, -0.2) is 37.1 Å². The molecule has 6 nitrogen and oxygen atoms in total. The zero-order valence-electron chi connectivity index (χ0n) is 18.6. The molecule has 2 N–H and O–H groups in total. The lowest BCUT2D eigenvalue weighted by Crippen LogP contribution is -2.19. The van der Waals surface area contributed by atoms with Crippen molar-refractivity contribution in [1.29, 1.82) is 0 Å². The van der Waals surface area contributed by atoms with E-state index in [4.69, 9.17) is 12.8 Å². The number of benzene rings is 3. The Bertz CT molecular complexity index is 1350. The molecule has 2 amide bonds. The molecule has 0 bridgehead atoms. The van der Waals surface area contributed by atoms with E-state index < -0.39 is 17.6 Å². The van der Waals surface area contributed by atoms with Gasteiger partial charge in [0.15, 0.2) is 0 Å². The summed E-state index contributed by atoms with van der Waals surface area (Å²) in [6.45, 7) is 0. The zero-order chi connectivity index (χ0) is 24.7. The van der Waals surface area contributed by atoms with E-state index in [1.165, 1.54) is 30.5 Å². The first-order valence-corrected chi connectivity index (χ1v) is 10.1. The van der Waals surface area contributed by atoms with Gasteiger partial charge in [0.1, 0.15) is 5.82 Å². The highest BCUT2D eigenvalue weighted by Gasteiger charge is 2.18. The standard InChI is InChI=1S/C27H21FN4O2/c1-5-18-7-11-21(12-8-18)30-27(34)23-15-19(6-2)10-14-25(23)31-26(33)22-13-9-20(16-24(22)28)17-29-32(3)4/h1-2,7-17H,3-4H3,(H,30,34)(H,31,33). The van der Waals surface area contributed by atoms with Crippen molar-refractivity contribution in [3.8, 4) is 24.7 Å². The Labute approximate surface area is 197 Å². The van der Waals surface area contributed by atoms with Crippen molar-refractivity contribution in [1.82, 2.24) is 5.01 Å². The van der Waals surface area contributed by atoms with Gasteiger partial charge in [0.25, 0.3) is 11.8 Å². The fourth-order valence-electron chi connectivity index (χ4n) is 2.95. The van der Waals surface area contributed by atoms with Crippen LogP contribution >= 0.6 is 0 Å². The highest BCUT2D eigenvalue weighted by molar-refractivity contribution is 6.12. The molecule has 3 aromatic carbocycles. The molecule has 34 heavy (non-hydrogen) atoms. The molecule has 0 aliphatic rings. The van der Waals surface area contributed by atoms with Crippen LogP contribution in [0.25, 0.3) is 0 Å². The summed E-state index contributed by atoms with van der Waals surface area (Å²) in [5, 5.41) is 10.9. The number of hydrogen-bond donors (Lipinski definition) is 2. The number of halogens is 1. The van der Waals surface area contributed by atoms with Gasteiger partial charge in [-0.05, 0) is 60.2 Å². The average Bonchev–Trinajstić information content (AvgIpc) is 2.83. The second-order valence-electron chi connectivity index (χ2n) is 7.37. The molecular weight excluding hydrogens is 431 g/mol. The fourth-order valence-corrected chi connectivity index (χ4v) is 2.95. The first-order chi connectivity index (χ1) is 16.3. The van der Waals surface area contributed by atoms with Gasteiger partial charge in [-0.25, -0.2) is 4.39 Å². The van der Waals surface area contributed by atoms with E-state index in [2.05, 4.69) is 27.6 Å². The summed E-state index contributed by atoms with van der Waals surface area (Å²) < 4.78 is 14.6. The van der Waals surface area contributed by atoms with Gasteiger partial charge < -0.3 is 15.6 Å². The lowest BCUT2D eigenvalue weighted by Gasteiger charge is -2.13. The van der Waals surface area contributed by atoms with Gasteiger partial charge in [0, 0.05) is 30.9 Å². The number of carbonyl (C=O) groups excluding carboxylic acids is 2. The van der Waals surface area contributed by atoms with E-state index in [1.54, 1.807) is 55.5 Å². The number of terminal acetylenes is 2. The van der Waals surface area contributed by atoms with Crippen molar-refractivity contribution in [2.24, 2.45) is 5.10 Å². The molecule has 0 radical (unpaired) electrons. The minimum atomic E-state index is -0.722. The fraction of sp³-hybridized carbons (Fsp3) is 0.0741. The van der Waals surface area contributed by atoms with Gasteiger partial charge in [-0.1, -0.05) is 17.9 Å². The Morgan fingerprint density at radius 1 is 0.882 bits per heavy atom. The Morgan fingerprint density at radius 3 is 2.15 bits per heavy atom. The molecule has 0 atom stereocenters. The van der Waals surface area contributed by atoms with Gasteiger partial charge in [-0.3, -0.25) is 9.59 Å². The van der Waals surface area contributed by atoms with Crippen LogP contribution in [0, 0.1) is 30.5 Å². The summed E-state index contributed by atoms with van der Waals surface area (Å²) in [4.78, 5) is 25.7. The van der Waals surface area contributed by atoms with Crippen LogP contribution in [0.3, 0.4) is 0 Å². The molecule has 0 saturated carbocycles. The Kier molecular flexibility index (Phi) is 7.43. The SMILES string of the molecule is C#Cc1ccc(NC(=O)c2cc(C#C)ccc2NC(=O)c2ccc(C=NN(C)C)cc2F)cc1. The van der Waals surface area contributed by atoms with Gasteiger partial charge >= 0.3 is 0 Å². The maximum atomic E-state index is 14.6. The molecule has 0 spiro atoms. The van der Waals surface area contributed by atoms with E-state index in [-0.39, 0.29) is 16.8 Å². The minimum absolute atomic E-state index is 0.125. The minimum Gasteiger partial charge on any atom is -0.322 e. The van der Waals surface area contributed by atoms with Crippen molar-refractivity contribution in [2.75, 3.05) is 24.7 Å². The molecule has 0 saturated heterocycles. The van der Waals surface area contributed by atoms with Crippen LogP contribution < -0.4 is 10.6 Å². The first-order valence-electron chi connectivity index (χ1n) is 10.1. The first kappa shape index (κ1) is 23.8.